The Labute approximate surface area is 79.7 Å². The number of ether oxygens (including phenoxy) is 2. The van der Waals surface area contributed by atoms with Gasteiger partial charge < -0.3 is 19.2 Å². The van der Waals surface area contributed by atoms with E-state index in [-0.39, 0.29) is 12.2 Å². The van der Waals surface area contributed by atoms with E-state index >= 15 is 0 Å². The van der Waals surface area contributed by atoms with E-state index in [9.17, 15) is 4.79 Å². The molecule has 1 heterocycles. The summed E-state index contributed by atoms with van der Waals surface area (Å²) in [5, 5.41) is 2.61. The third kappa shape index (κ3) is 5.62. The monoisotopic (exact) mass is 203 g/mol. The molecule has 0 bridgehead atoms. The summed E-state index contributed by atoms with van der Waals surface area (Å²) >= 11 is 0. The zero-order chi connectivity index (χ0) is 9.52. The van der Waals surface area contributed by atoms with E-state index in [0.29, 0.717) is 29.5 Å². The van der Waals surface area contributed by atoms with Crippen LogP contribution in [0.2, 0.25) is 6.04 Å². The molecule has 1 N–H and O–H groups in total. The maximum absolute atomic E-state index is 10.9. The van der Waals surface area contributed by atoms with Crippen molar-refractivity contribution < 1.29 is 18.7 Å². The molecule has 2 radical (unpaired) electrons. The highest BCUT2D eigenvalue weighted by atomic mass is 28.2. The van der Waals surface area contributed by atoms with Crippen LogP contribution in [0, 0.1) is 0 Å². The van der Waals surface area contributed by atoms with Gasteiger partial charge in [-0.05, 0) is 6.04 Å². The van der Waals surface area contributed by atoms with Gasteiger partial charge in [0.2, 0.25) is 9.76 Å². The fourth-order valence-electron chi connectivity index (χ4n) is 0.702. The summed E-state index contributed by atoms with van der Waals surface area (Å²) in [5.41, 5.74) is 0. The lowest BCUT2D eigenvalue weighted by atomic mass is 10.5. The Morgan fingerprint density at radius 3 is 3.15 bits per heavy atom. The lowest BCUT2D eigenvalue weighted by molar-refractivity contribution is 0.136. The summed E-state index contributed by atoms with van der Waals surface area (Å²) in [6.07, 6.45) is -0.247. The molecular formula is C7H13NO4Si. The van der Waals surface area contributed by atoms with Gasteiger partial charge >= 0.3 is 6.09 Å². The van der Waals surface area contributed by atoms with Crippen molar-refractivity contribution in [2.24, 2.45) is 0 Å². The molecule has 5 nitrogen and oxygen atoms in total. The van der Waals surface area contributed by atoms with Gasteiger partial charge in [0.1, 0.15) is 12.7 Å². The standard InChI is InChI=1S/C7H13NO4Si/c1-10-13-3-2-8-7(9)12-5-6-4-11-6/h6H,2-5H2,1H3,(H,8,9). The normalized spacial score (nSPS) is 19.6. The number of carbonyl (C=O) groups excluding carboxylic acids is 1. The van der Waals surface area contributed by atoms with E-state index in [4.69, 9.17) is 13.9 Å². The number of hydrogen-bond donors (Lipinski definition) is 1. The minimum atomic E-state index is -0.378. The van der Waals surface area contributed by atoms with Gasteiger partial charge in [-0.2, -0.15) is 0 Å². The van der Waals surface area contributed by atoms with E-state index < -0.39 is 0 Å². The van der Waals surface area contributed by atoms with Gasteiger partial charge in [-0.25, -0.2) is 4.79 Å². The Bertz CT molecular complexity index is 163. The smallest absolute Gasteiger partial charge is 0.407 e. The Balaban J connectivity index is 1.84. The van der Waals surface area contributed by atoms with Gasteiger partial charge in [-0.15, -0.1) is 0 Å². The largest absolute Gasteiger partial charge is 0.447 e. The quantitative estimate of drug-likeness (QED) is 0.369. The first-order valence-electron chi connectivity index (χ1n) is 4.11. The van der Waals surface area contributed by atoms with Crippen molar-refractivity contribution in [2.75, 3.05) is 26.9 Å². The molecule has 1 rings (SSSR count). The summed E-state index contributed by atoms with van der Waals surface area (Å²) in [7, 11) is 2.07. The molecule has 0 spiro atoms. The van der Waals surface area contributed by atoms with E-state index in [1.165, 1.54) is 0 Å². The number of alkyl carbamates (subject to hydrolysis) is 1. The highest BCUT2D eigenvalue weighted by Crippen LogP contribution is 2.08. The van der Waals surface area contributed by atoms with Crippen LogP contribution < -0.4 is 5.32 Å². The van der Waals surface area contributed by atoms with E-state index in [0.717, 1.165) is 6.04 Å². The van der Waals surface area contributed by atoms with Gasteiger partial charge in [0.15, 0.2) is 0 Å². The van der Waals surface area contributed by atoms with Crippen LogP contribution in [0.4, 0.5) is 4.79 Å². The number of rotatable bonds is 6. The Morgan fingerprint density at radius 2 is 2.54 bits per heavy atom. The SMILES string of the molecule is CO[Si]CCNC(=O)OCC1CO1. The fraction of sp³-hybridized carbons (Fsp3) is 0.857. The van der Waals surface area contributed by atoms with E-state index in [1.54, 1.807) is 7.11 Å². The van der Waals surface area contributed by atoms with Gasteiger partial charge in [-0.1, -0.05) is 0 Å². The van der Waals surface area contributed by atoms with Gasteiger partial charge in [-0.3, -0.25) is 0 Å². The number of epoxide rings is 1. The molecule has 74 valence electrons. The molecule has 0 aromatic heterocycles. The molecule has 1 saturated heterocycles. The Morgan fingerprint density at radius 1 is 1.77 bits per heavy atom. The van der Waals surface area contributed by atoms with Gasteiger partial charge in [0.05, 0.1) is 6.61 Å². The molecule has 13 heavy (non-hydrogen) atoms. The summed E-state index contributed by atoms with van der Waals surface area (Å²) in [6, 6.07) is 0.825. The fourth-order valence-corrected chi connectivity index (χ4v) is 1.13. The summed E-state index contributed by atoms with van der Waals surface area (Å²) in [5.74, 6) is 0. The minimum Gasteiger partial charge on any atom is -0.447 e. The third-order valence-corrected chi connectivity index (χ3v) is 2.19. The molecule has 0 saturated carbocycles. The molecule has 0 aromatic rings. The van der Waals surface area contributed by atoms with Crippen LogP contribution >= 0.6 is 0 Å². The third-order valence-electron chi connectivity index (χ3n) is 1.44. The van der Waals surface area contributed by atoms with Crippen molar-refractivity contribution in [2.45, 2.75) is 12.1 Å². The van der Waals surface area contributed by atoms with Crippen molar-refractivity contribution >= 4 is 15.9 Å². The van der Waals surface area contributed by atoms with Gasteiger partial charge in [0, 0.05) is 13.7 Å². The molecule has 1 aliphatic heterocycles. The number of nitrogens with one attached hydrogen (secondary N) is 1. The van der Waals surface area contributed by atoms with Crippen LogP contribution in [-0.4, -0.2) is 48.8 Å². The molecule has 1 fully saturated rings. The average Bonchev–Trinajstić information content (AvgIpc) is 2.92. The molecule has 0 aliphatic carbocycles. The minimum absolute atomic E-state index is 0.131. The maximum atomic E-state index is 10.9. The van der Waals surface area contributed by atoms with Crippen LogP contribution in [0.1, 0.15) is 0 Å². The van der Waals surface area contributed by atoms with E-state index in [1.807, 2.05) is 0 Å². The van der Waals surface area contributed by atoms with Crippen molar-refractivity contribution in [3.05, 3.63) is 0 Å². The number of carbonyl (C=O) groups is 1. The maximum Gasteiger partial charge on any atom is 0.407 e. The van der Waals surface area contributed by atoms with Crippen LogP contribution in [0.5, 0.6) is 0 Å². The summed E-state index contributed by atoms with van der Waals surface area (Å²) < 4.78 is 14.6. The predicted molar refractivity (Wildman–Crippen MR) is 46.7 cm³/mol. The molecule has 1 amide bonds. The highest BCUT2D eigenvalue weighted by molar-refractivity contribution is 6.27. The first-order valence-corrected chi connectivity index (χ1v) is 5.22. The second kappa shape index (κ2) is 5.95. The van der Waals surface area contributed by atoms with Crippen LogP contribution in [-0.2, 0) is 13.9 Å². The summed E-state index contributed by atoms with van der Waals surface area (Å²) in [6.45, 7) is 1.66. The number of hydrogen-bond acceptors (Lipinski definition) is 4. The molecule has 6 heteroatoms. The molecule has 1 atom stereocenters. The van der Waals surface area contributed by atoms with Crippen molar-refractivity contribution in [3.8, 4) is 0 Å². The molecular weight excluding hydrogens is 190 g/mol. The van der Waals surface area contributed by atoms with Crippen molar-refractivity contribution in [1.82, 2.24) is 5.32 Å². The molecule has 1 unspecified atom stereocenters. The second-order valence-corrected chi connectivity index (χ2v) is 3.78. The Kier molecular flexibility index (Phi) is 4.80. The molecule has 1 aliphatic rings. The second-order valence-electron chi connectivity index (χ2n) is 2.58. The average molecular weight is 203 g/mol. The van der Waals surface area contributed by atoms with Crippen LogP contribution in [0.3, 0.4) is 0 Å². The first kappa shape index (κ1) is 10.5. The zero-order valence-corrected chi connectivity index (χ0v) is 8.54. The lowest BCUT2D eigenvalue weighted by Gasteiger charge is -2.04. The lowest BCUT2D eigenvalue weighted by Crippen LogP contribution is -2.27. The zero-order valence-electron chi connectivity index (χ0n) is 7.54. The van der Waals surface area contributed by atoms with E-state index in [2.05, 4.69) is 5.32 Å². The van der Waals surface area contributed by atoms with Crippen molar-refractivity contribution in [1.29, 1.82) is 0 Å². The van der Waals surface area contributed by atoms with Crippen LogP contribution in [0.25, 0.3) is 0 Å². The predicted octanol–water partition coefficient (Wildman–Crippen LogP) is -0.205. The van der Waals surface area contributed by atoms with Crippen molar-refractivity contribution in [3.63, 3.8) is 0 Å². The number of amides is 1. The molecule has 0 aromatic carbocycles. The first-order chi connectivity index (χ1) is 6.33. The Hall–Kier alpha value is -0.593. The topological polar surface area (TPSA) is 60.1 Å². The highest BCUT2D eigenvalue weighted by Gasteiger charge is 2.23. The van der Waals surface area contributed by atoms with Gasteiger partial charge in [0.25, 0.3) is 0 Å². The summed E-state index contributed by atoms with van der Waals surface area (Å²) in [4.78, 5) is 10.9. The van der Waals surface area contributed by atoms with Crippen LogP contribution in [0.15, 0.2) is 0 Å².